The fraction of sp³-hybridized carbons (Fsp3) is 0.400. The topological polar surface area (TPSA) is 75.0 Å². The van der Waals surface area contributed by atoms with Crippen LogP contribution in [0.1, 0.15) is 33.0 Å². The van der Waals surface area contributed by atoms with Gasteiger partial charge in [-0.2, -0.15) is 0 Å². The van der Waals surface area contributed by atoms with Crippen LogP contribution in [-0.4, -0.2) is 18.7 Å². The number of rotatable bonds is 9. The molecule has 2 rings (SSSR count). The van der Waals surface area contributed by atoms with Crippen LogP contribution < -0.4 is 14.9 Å². The number of hydrogen-bond acceptors (Lipinski definition) is 6. The second-order valence-electron chi connectivity index (χ2n) is 6.55. The van der Waals surface area contributed by atoms with Gasteiger partial charge in [-0.05, 0) is 37.5 Å². The van der Waals surface area contributed by atoms with Gasteiger partial charge >= 0.3 is 5.97 Å². The SMILES string of the molecule is CC(C)CCOc1coc(COC(=O)C(C)Oc2ccc(Cl)cc2Cl)cc1=O. The predicted octanol–water partition coefficient (Wildman–Crippen LogP) is 4.88. The van der Waals surface area contributed by atoms with Crippen molar-refractivity contribution in [3.8, 4) is 11.5 Å². The Kier molecular flexibility index (Phi) is 8.20. The third-order valence-corrected chi connectivity index (χ3v) is 4.22. The summed E-state index contributed by atoms with van der Waals surface area (Å²) in [6.45, 7) is 5.88. The average Bonchev–Trinajstić information content (AvgIpc) is 2.63. The lowest BCUT2D eigenvalue weighted by atomic mass is 10.1. The highest BCUT2D eigenvalue weighted by Crippen LogP contribution is 2.28. The number of carbonyl (C=O) groups excluding carboxylic acids is 1. The Morgan fingerprint density at radius 2 is 1.89 bits per heavy atom. The second kappa shape index (κ2) is 10.4. The summed E-state index contributed by atoms with van der Waals surface area (Å²) < 4.78 is 21.3. The molecule has 1 aromatic heterocycles. The van der Waals surface area contributed by atoms with Crippen molar-refractivity contribution in [2.45, 2.75) is 39.9 Å². The van der Waals surface area contributed by atoms with Gasteiger partial charge in [0.25, 0.3) is 0 Å². The van der Waals surface area contributed by atoms with Crippen molar-refractivity contribution in [2.75, 3.05) is 6.61 Å². The van der Waals surface area contributed by atoms with Crippen LogP contribution in [-0.2, 0) is 16.1 Å². The minimum Gasteiger partial charge on any atom is -0.487 e. The number of carbonyl (C=O) groups is 1. The van der Waals surface area contributed by atoms with Crippen molar-refractivity contribution < 1.29 is 23.4 Å². The number of benzene rings is 1. The molecule has 6 nitrogen and oxygen atoms in total. The normalized spacial score (nSPS) is 11.9. The van der Waals surface area contributed by atoms with Gasteiger partial charge in [-0.3, -0.25) is 4.79 Å². The van der Waals surface area contributed by atoms with Gasteiger partial charge in [0.1, 0.15) is 24.4 Å². The second-order valence-corrected chi connectivity index (χ2v) is 7.39. The molecule has 0 saturated carbocycles. The third-order valence-electron chi connectivity index (χ3n) is 3.69. The van der Waals surface area contributed by atoms with Gasteiger partial charge < -0.3 is 18.6 Å². The van der Waals surface area contributed by atoms with E-state index in [-0.39, 0.29) is 28.6 Å². The molecule has 1 aromatic carbocycles. The lowest BCUT2D eigenvalue weighted by Crippen LogP contribution is -2.26. The molecule has 152 valence electrons. The summed E-state index contributed by atoms with van der Waals surface area (Å²) in [7, 11) is 0. The molecule has 0 aliphatic carbocycles. The van der Waals surface area contributed by atoms with E-state index < -0.39 is 12.1 Å². The number of ether oxygens (including phenoxy) is 3. The largest absolute Gasteiger partial charge is 0.487 e. The molecule has 0 radical (unpaired) electrons. The summed E-state index contributed by atoms with van der Waals surface area (Å²) in [6.07, 6.45) is 1.14. The van der Waals surface area contributed by atoms with E-state index in [2.05, 4.69) is 13.8 Å². The van der Waals surface area contributed by atoms with Crippen molar-refractivity contribution in [1.29, 1.82) is 0 Å². The van der Waals surface area contributed by atoms with Crippen LogP contribution in [0.15, 0.2) is 39.7 Å². The highest BCUT2D eigenvalue weighted by atomic mass is 35.5. The summed E-state index contributed by atoms with van der Waals surface area (Å²) in [4.78, 5) is 24.1. The maximum absolute atomic E-state index is 12.1. The zero-order chi connectivity index (χ0) is 20.7. The van der Waals surface area contributed by atoms with Crippen LogP contribution in [0.5, 0.6) is 11.5 Å². The van der Waals surface area contributed by atoms with Gasteiger partial charge in [0.05, 0.1) is 11.6 Å². The Morgan fingerprint density at radius 1 is 1.14 bits per heavy atom. The van der Waals surface area contributed by atoms with Crippen molar-refractivity contribution >= 4 is 29.2 Å². The van der Waals surface area contributed by atoms with Crippen LogP contribution >= 0.6 is 23.2 Å². The predicted molar refractivity (Wildman–Crippen MR) is 106 cm³/mol. The highest BCUT2D eigenvalue weighted by molar-refractivity contribution is 6.35. The minimum atomic E-state index is -0.913. The molecule has 0 aliphatic heterocycles. The molecule has 0 amide bonds. The Hall–Kier alpha value is -2.18. The van der Waals surface area contributed by atoms with Gasteiger partial charge in [-0.25, -0.2) is 4.79 Å². The van der Waals surface area contributed by atoms with E-state index >= 15 is 0 Å². The Bertz CT molecular complexity index is 862. The van der Waals surface area contributed by atoms with E-state index in [1.807, 2.05) is 0 Å². The van der Waals surface area contributed by atoms with Crippen LogP contribution in [0.4, 0.5) is 0 Å². The number of hydrogen-bond donors (Lipinski definition) is 0. The molecular formula is C20H22Cl2O6. The molecule has 1 heterocycles. The lowest BCUT2D eigenvalue weighted by molar-refractivity contribution is -0.153. The molecule has 1 unspecified atom stereocenters. The van der Waals surface area contributed by atoms with E-state index in [9.17, 15) is 9.59 Å². The van der Waals surface area contributed by atoms with Crippen LogP contribution in [0.3, 0.4) is 0 Å². The molecular weight excluding hydrogens is 407 g/mol. The molecule has 0 aliphatic rings. The van der Waals surface area contributed by atoms with E-state index in [0.29, 0.717) is 23.3 Å². The Labute approximate surface area is 173 Å². The molecule has 0 N–H and O–H groups in total. The third kappa shape index (κ3) is 6.77. The van der Waals surface area contributed by atoms with Gasteiger partial charge in [0, 0.05) is 11.1 Å². The molecule has 2 aromatic rings. The molecule has 0 bridgehead atoms. The van der Waals surface area contributed by atoms with Crippen molar-refractivity contribution in [3.05, 3.63) is 56.6 Å². The van der Waals surface area contributed by atoms with Gasteiger partial charge in [0.2, 0.25) is 11.2 Å². The summed E-state index contributed by atoms with van der Waals surface area (Å²) in [6, 6.07) is 5.90. The Balaban J connectivity index is 1.87. The number of esters is 1. The zero-order valence-corrected chi connectivity index (χ0v) is 17.4. The highest BCUT2D eigenvalue weighted by Gasteiger charge is 2.18. The quantitative estimate of drug-likeness (QED) is 0.529. The minimum absolute atomic E-state index is 0.129. The first-order valence-corrected chi connectivity index (χ1v) is 9.54. The lowest BCUT2D eigenvalue weighted by Gasteiger charge is -2.15. The van der Waals surface area contributed by atoms with Gasteiger partial charge in [0.15, 0.2) is 6.10 Å². The van der Waals surface area contributed by atoms with E-state index in [4.69, 9.17) is 41.8 Å². The fourth-order valence-corrected chi connectivity index (χ4v) is 2.55. The summed E-state index contributed by atoms with van der Waals surface area (Å²) in [5, 5.41) is 0.741. The first-order valence-electron chi connectivity index (χ1n) is 8.79. The van der Waals surface area contributed by atoms with Crippen LogP contribution in [0, 0.1) is 5.92 Å². The summed E-state index contributed by atoms with van der Waals surface area (Å²) in [5.41, 5.74) is -0.335. The van der Waals surface area contributed by atoms with Crippen molar-refractivity contribution in [3.63, 3.8) is 0 Å². The van der Waals surface area contributed by atoms with E-state index in [1.165, 1.54) is 25.3 Å². The summed E-state index contributed by atoms with van der Waals surface area (Å²) in [5.74, 6) is 0.477. The number of halogens is 2. The standard InChI is InChI=1S/C20H22Cl2O6/c1-12(2)6-7-25-19-11-26-15(9-17(19)23)10-27-20(24)13(3)28-18-5-4-14(21)8-16(18)22/h4-5,8-9,11-13H,6-7,10H2,1-3H3. The zero-order valence-electron chi connectivity index (χ0n) is 15.9. The average molecular weight is 429 g/mol. The fourth-order valence-electron chi connectivity index (χ4n) is 2.09. The van der Waals surface area contributed by atoms with Crippen molar-refractivity contribution in [1.82, 2.24) is 0 Å². The smallest absolute Gasteiger partial charge is 0.347 e. The van der Waals surface area contributed by atoms with Gasteiger partial charge in [-0.1, -0.05) is 37.0 Å². The molecule has 28 heavy (non-hydrogen) atoms. The monoisotopic (exact) mass is 428 g/mol. The van der Waals surface area contributed by atoms with E-state index in [0.717, 1.165) is 6.42 Å². The molecule has 1 atom stereocenters. The molecule has 0 spiro atoms. The first kappa shape index (κ1) is 22.1. The van der Waals surface area contributed by atoms with Crippen molar-refractivity contribution in [2.24, 2.45) is 5.92 Å². The summed E-state index contributed by atoms with van der Waals surface area (Å²) >= 11 is 11.8. The molecule has 0 fully saturated rings. The molecule has 0 saturated heterocycles. The van der Waals surface area contributed by atoms with Crippen LogP contribution in [0.2, 0.25) is 10.0 Å². The maximum Gasteiger partial charge on any atom is 0.347 e. The molecule has 8 heteroatoms. The van der Waals surface area contributed by atoms with Crippen LogP contribution in [0.25, 0.3) is 0 Å². The maximum atomic E-state index is 12.1. The van der Waals surface area contributed by atoms with E-state index in [1.54, 1.807) is 12.1 Å². The Morgan fingerprint density at radius 3 is 2.54 bits per heavy atom. The first-order chi connectivity index (χ1) is 13.3. The van der Waals surface area contributed by atoms with Gasteiger partial charge in [-0.15, -0.1) is 0 Å².